The fraction of sp³-hybridized carbons (Fsp3) is 0.125. The van der Waals surface area contributed by atoms with Gasteiger partial charge in [0.25, 0.3) is 0 Å². The zero-order chi connectivity index (χ0) is 15.0. The third kappa shape index (κ3) is 2.53. The molecule has 0 fully saturated rings. The molecule has 1 heterocycles. The minimum Gasteiger partial charge on any atom is -0.408 e. The standard InChI is InChI=1S/C16H12INO3/c1-2-18-13-8-5-11(9-14(13)21-16(18)20)15(19)10-3-6-12(17)7-4-10/h3-9H,2H2,1H3. The maximum atomic E-state index is 12.4. The van der Waals surface area contributed by atoms with Crippen LogP contribution in [0.3, 0.4) is 0 Å². The highest BCUT2D eigenvalue weighted by molar-refractivity contribution is 14.1. The second-order valence-corrected chi connectivity index (χ2v) is 5.88. The van der Waals surface area contributed by atoms with Gasteiger partial charge in [0, 0.05) is 21.2 Å². The molecule has 1 aromatic heterocycles. The van der Waals surface area contributed by atoms with Crippen LogP contribution in [0.25, 0.3) is 11.1 Å². The van der Waals surface area contributed by atoms with Crippen molar-refractivity contribution >= 4 is 39.5 Å². The Morgan fingerprint density at radius 2 is 1.81 bits per heavy atom. The molecule has 0 saturated carbocycles. The quantitative estimate of drug-likeness (QED) is 0.506. The highest BCUT2D eigenvalue weighted by Gasteiger charge is 2.13. The molecule has 21 heavy (non-hydrogen) atoms. The van der Waals surface area contributed by atoms with Crippen LogP contribution in [0.1, 0.15) is 22.8 Å². The highest BCUT2D eigenvalue weighted by atomic mass is 127. The van der Waals surface area contributed by atoms with Crippen LogP contribution in [0.2, 0.25) is 0 Å². The summed E-state index contributed by atoms with van der Waals surface area (Å²) in [5.74, 6) is -0.480. The Bertz CT molecular complexity index is 875. The first-order chi connectivity index (χ1) is 10.1. The smallest absolute Gasteiger partial charge is 0.408 e. The van der Waals surface area contributed by atoms with E-state index in [1.54, 1.807) is 30.3 Å². The van der Waals surface area contributed by atoms with Crippen molar-refractivity contribution in [3.05, 3.63) is 67.7 Å². The lowest BCUT2D eigenvalue weighted by molar-refractivity contribution is 0.103. The normalized spacial score (nSPS) is 11.0. The second-order valence-electron chi connectivity index (χ2n) is 4.63. The molecular formula is C16H12INO3. The summed E-state index contributed by atoms with van der Waals surface area (Å²) in [5, 5.41) is 0. The van der Waals surface area contributed by atoms with Gasteiger partial charge in [-0.3, -0.25) is 9.36 Å². The van der Waals surface area contributed by atoms with E-state index in [1.807, 2.05) is 19.1 Å². The Balaban J connectivity index is 2.07. The number of hydrogen-bond acceptors (Lipinski definition) is 3. The molecule has 0 N–H and O–H groups in total. The molecule has 0 aliphatic heterocycles. The molecule has 0 aliphatic carbocycles. The Morgan fingerprint density at radius 1 is 1.14 bits per heavy atom. The summed E-state index contributed by atoms with van der Waals surface area (Å²) >= 11 is 2.19. The summed E-state index contributed by atoms with van der Waals surface area (Å²) in [4.78, 5) is 24.1. The highest BCUT2D eigenvalue weighted by Crippen LogP contribution is 2.18. The van der Waals surface area contributed by atoms with Crippen LogP contribution in [0.15, 0.2) is 51.7 Å². The first-order valence-electron chi connectivity index (χ1n) is 6.54. The summed E-state index contributed by atoms with van der Waals surface area (Å²) in [7, 11) is 0. The van der Waals surface area contributed by atoms with Gasteiger partial charge in [0.15, 0.2) is 11.4 Å². The molecule has 0 aliphatic rings. The molecule has 5 heteroatoms. The van der Waals surface area contributed by atoms with Crippen LogP contribution in [0.4, 0.5) is 0 Å². The third-order valence-corrected chi connectivity index (χ3v) is 4.07. The Labute approximate surface area is 134 Å². The van der Waals surface area contributed by atoms with Gasteiger partial charge in [-0.05, 0) is 72.0 Å². The number of fused-ring (bicyclic) bond motifs is 1. The minimum atomic E-state index is -0.397. The summed E-state index contributed by atoms with van der Waals surface area (Å²) in [6.07, 6.45) is 0. The van der Waals surface area contributed by atoms with Crippen molar-refractivity contribution in [2.75, 3.05) is 0 Å². The average molecular weight is 393 g/mol. The number of carbonyl (C=O) groups is 1. The van der Waals surface area contributed by atoms with Crippen LogP contribution in [0, 0.1) is 3.57 Å². The lowest BCUT2D eigenvalue weighted by Gasteiger charge is -2.02. The van der Waals surface area contributed by atoms with Gasteiger partial charge in [0.2, 0.25) is 0 Å². The van der Waals surface area contributed by atoms with Crippen molar-refractivity contribution < 1.29 is 9.21 Å². The molecule has 2 aromatic carbocycles. The minimum absolute atomic E-state index is 0.0832. The van der Waals surface area contributed by atoms with Gasteiger partial charge in [0.05, 0.1) is 5.52 Å². The lowest BCUT2D eigenvalue weighted by Crippen LogP contribution is -2.11. The monoisotopic (exact) mass is 393 g/mol. The topological polar surface area (TPSA) is 52.2 Å². The summed E-state index contributed by atoms with van der Waals surface area (Å²) < 4.78 is 7.80. The molecule has 0 spiro atoms. The van der Waals surface area contributed by atoms with Crippen LogP contribution in [0.5, 0.6) is 0 Å². The Kier molecular flexibility index (Phi) is 3.67. The van der Waals surface area contributed by atoms with Crippen LogP contribution in [-0.4, -0.2) is 10.4 Å². The van der Waals surface area contributed by atoms with Gasteiger partial charge in [-0.1, -0.05) is 0 Å². The number of rotatable bonds is 3. The van der Waals surface area contributed by atoms with Crippen molar-refractivity contribution in [2.45, 2.75) is 13.5 Å². The van der Waals surface area contributed by atoms with E-state index < -0.39 is 5.76 Å². The van der Waals surface area contributed by atoms with E-state index in [-0.39, 0.29) is 5.78 Å². The zero-order valence-electron chi connectivity index (χ0n) is 11.3. The summed E-state index contributed by atoms with van der Waals surface area (Å²) in [5.41, 5.74) is 2.28. The predicted molar refractivity (Wildman–Crippen MR) is 88.7 cm³/mol. The molecule has 0 atom stereocenters. The molecule has 0 radical (unpaired) electrons. The lowest BCUT2D eigenvalue weighted by atomic mass is 10.0. The van der Waals surface area contributed by atoms with Gasteiger partial charge in [-0.15, -0.1) is 0 Å². The molecule has 3 rings (SSSR count). The van der Waals surface area contributed by atoms with E-state index in [9.17, 15) is 9.59 Å². The van der Waals surface area contributed by atoms with Crippen molar-refractivity contribution in [2.24, 2.45) is 0 Å². The van der Waals surface area contributed by atoms with E-state index in [2.05, 4.69) is 22.6 Å². The van der Waals surface area contributed by atoms with E-state index in [0.717, 1.165) is 3.57 Å². The van der Waals surface area contributed by atoms with Gasteiger partial charge in [-0.2, -0.15) is 0 Å². The van der Waals surface area contributed by atoms with Crippen LogP contribution in [-0.2, 0) is 6.54 Å². The third-order valence-electron chi connectivity index (χ3n) is 3.35. The van der Waals surface area contributed by atoms with Crippen LogP contribution >= 0.6 is 22.6 Å². The van der Waals surface area contributed by atoms with E-state index in [1.165, 1.54) is 4.57 Å². The first kappa shape index (κ1) is 14.1. The van der Waals surface area contributed by atoms with E-state index >= 15 is 0 Å². The second kappa shape index (κ2) is 5.48. The largest absolute Gasteiger partial charge is 0.419 e. The maximum Gasteiger partial charge on any atom is 0.419 e. The van der Waals surface area contributed by atoms with Crippen molar-refractivity contribution in [1.29, 1.82) is 0 Å². The molecular weight excluding hydrogens is 381 g/mol. The van der Waals surface area contributed by atoms with Crippen molar-refractivity contribution in [3.8, 4) is 0 Å². The molecule has 4 nitrogen and oxygen atoms in total. The van der Waals surface area contributed by atoms with Gasteiger partial charge < -0.3 is 4.42 Å². The fourth-order valence-electron chi connectivity index (χ4n) is 2.27. The molecule has 106 valence electrons. The average Bonchev–Trinajstić information content (AvgIpc) is 2.81. The molecule has 0 saturated heterocycles. The number of ketones is 1. The van der Waals surface area contributed by atoms with Crippen LogP contribution < -0.4 is 5.76 Å². The number of carbonyl (C=O) groups excluding carboxylic acids is 1. The number of aryl methyl sites for hydroxylation is 1. The van der Waals surface area contributed by atoms with E-state index in [4.69, 9.17) is 4.42 Å². The van der Waals surface area contributed by atoms with Gasteiger partial charge in [-0.25, -0.2) is 4.79 Å². The van der Waals surface area contributed by atoms with E-state index in [0.29, 0.717) is 28.8 Å². The summed E-state index contributed by atoms with van der Waals surface area (Å²) in [6, 6.07) is 12.5. The van der Waals surface area contributed by atoms with Crippen molar-refractivity contribution in [3.63, 3.8) is 0 Å². The number of nitrogens with zero attached hydrogens (tertiary/aromatic N) is 1. The number of hydrogen-bond donors (Lipinski definition) is 0. The first-order valence-corrected chi connectivity index (χ1v) is 7.61. The number of aromatic nitrogens is 1. The van der Waals surface area contributed by atoms with Gasteiger partial charge in [0.1, 0.15) is 0 Å². The Hall–Kier alpha value is -1.89. The van der Waals surface area contributed by atoms with Gasteiger partial charge >= 0.3 is 5.76 Å². The van der Waals surface area contributed by atoms with Crippen molar-refractivity contribution in [1.82, 2.24) is 4.57 Å². The maximum absolute atomic E-state index is 12.4. The molecule has 0 unspecified atom stereocenters. The number of benzene rings is 2. The molecule has 0 amide bonds. The number of oxazole rings is 1. The Morgan fingerprint density at radius 3 is 2.48 bits per heavy atom. The molecule has 0 bridgehead atoms. The molecule has 3 aromatic rings. The summed E-state index contributed by atoms with van der Waals surface area (Å²) in [6.45, 7) is 2.41. The number of halogens is 1. The zero-order valence-corrected chi connectivity index (χ0v) is 13.5. The fourth-order valence-corrected chi connectivity index (χ4v) is 2.63. The predicted octanol–water partition coefficient (Wildman–Crippen LogP) is 3.45. The SMILES string of the molecule is CCn1c(=O)oc2cc(C(=O)c3ccc(I)cc3)ccc21.